The molecule has 1 amide bonds. The summed E-state index contributed by atoms with van der Waals surface area (Å²) in [4.78, 5) is 16.4. The second kappa shape index (κ2) is 7.06. The molecule has 1 aliphatic carbocycles. The third-order valence-electron chi connectivity index (χ3n) is 5.40. The molecule has 2 aromatic carbocycles. The molecule has 1 heterocycles. The summed E-state index contributed by atoms with van der Waals surface area (Å²) in [6, 6.07) is 10.3. The highest BCUT2D eigenvalue weighted by Gasteiger charge is 2.20. The number of aromatic amines is 1. The van der Waals surface area contributed by atoms with Crippen LogP contribution in [0.1, 0.15) is 53.0 Å². The second-order valence-corrected chi connectivity index (χ2v) is 7.11. The van der Waals surface area contributed by atoms with Gasteiger partial charge in [-0.25, -0.2) is 4.39 Å². The Hall–Kier alpha value is -2.82. The van der Waals surface area contributed by atoms with Crippen molar-refractivity contribution in [3.63, 3.8) is 0 Å². The van der Waals surface area contributed by atoms with Crippen LogP contribution in [-0.4, -0.2) is 18.0 Å². The normalized spacial score (nSPS) is 14.6. The van der Waals surface area contributed by atoms with E-state index in [1.165, 1.54) is 37.3 Å². The average molecular weight is 366 g/mol. The summed E-state index contributed by atoms with van der Waals surface area (Å²) in [5.41, 5.74) is 4.82. The van der Waals surface area contributed by atoms with Gasteiger partial charge in [0, 0.05) is 11.1 Å². The number of methoxy groups -OCH3 is 1. The van der Waals surface area contributed by atoms with E-state index in [0.717, 1.165) is 23.7 Å². The van der Waals surface area contributed by atoms with Crippen molar-refractivity contribution in [1.29, 1.82) is 0 Å². The maximum Gasteiger partial charge on any atom is 0.253 e. The number of fused-ring (bicyclic) bond motifs is 3. The zero-order valence-corrected chi connectivity index (χ0v) is 15.6. The van der Waals surface area contributed by atoms with Crippen molar-refractivity contribution in [2.45, 2.75) is 38.6 Å². The zero-order valence-electron chi connectivity index (χ0n) is 15.6. The van der Waals surface area contributed by atoms with Gasteiger partial charge in [-0.1, -0.05) is 18.2 Å². The molecule has 0 spiro atoms. The summed E-state index contributed by atoms with van der Waals surface area (Å²) in [6.45, 7) is 1.85. The molecule has 0 saturated carbocycles. The van der Waals surface area contributed by atoms with E-state index < -0.39 is 5.82 Å². The standard InChI is InChI=1S/C22H23FN2O2/c1-13(14-10-11-20(27-2)18(23)12-14)24-22(26)17-8-5-7-16-15-6-3-4-9-19(15)25-21(16)17/h5,7-8,10-13,25H,3-4,6,9H2,1-2H3,(H,24,26). The largest absolute Gasteiger partial charge is 0.494 e. The van der Waals surface area contributed by atoms with Crippen LogP contribution in [-0.2, 0) is 12.8 Å². The van der Waals surface area contributed by atoms with Gasteiger partial charge in [0.1, 0.15) is 0 Å². The van der Waals surface area contributed by atoms with Gasteiger partial charge in [0.2, 0.25) is 0 Å². The number of para-hydroxylation sites is 1. The van der Waals surface area contributed by atoms with Crippen molar-refractivity contribution in [1.82, 2.24) is 10.3 Å². The van der Waals surface area contributed by atoms with Gasteiger partial charge in [-0.2, -0.15) is 0 Å². The molecular formula is C22H23FN2O2. The van der Waals surface area contributed by atoms with Gasteiger partial charge >= 0.3 is 0 Å². The SMILES string of the molecule is COc1ccc(C(C)NC(=O)c2cccc3c4c([nH]c23)CCCC4)cc1F. The fraction of sp³-hybridized carbons (Fsp3) is 0.318. The van der Waals surface area contributed by atoms with Gasteiger partial charge < -0.3 is 15.0 Å². The number of ether oxygens (including phenoxy) is 1. The first-order valence-electron chi connectivity index (χ1n) is 9.35. The number of halogens is 1. The van der Waals surface area contributed by atoms with Crippen molar-refractivity contribution in [2.24, 2.45) is 0 Å². The van der Waals surface area contributed by atoms with E-state index >= 15 is 0 Å². The Morgan fingerprint density at radius 3 is 2.81 bits per heavy atom. The summed E-state index contributed by atoms with van der Waals surface area (Å²) in [5, 5.41) is 4.12. The Labute approximate surface area is 157 Å². The molecule has 1 unspecified atom stereocenters. The number of H-pyrrole nitrogens is 1. The molecule has 0 saturated heterocycles. The van der Waals surface area contributed by atoms with E-state index in [9.17, 15) is 9.18 Å². The third kappa shape index (κ3) is 3.18. The Morgan fingerprint density at radius 1 is 1.22 bits per heavy atom. The number of amides is 1. The van der Waals surface area contributed by atoms with Crippen molar-refractivity contribution >= 4 is 16.8 Å². The first-order chi connectivity index (χ1) is 13.1. The molecule has 3 aromatic rings. The molecule has 4 nitrogen and oxygen atoms in total. The van der Waals surface area contributed by atoms with E-state index in [2.05, 4.69) is 16.4 Å². The Bertz CT molecular complexity index is 1010. The minimum atomic E-state index is -0.435. The highest BCUT2D eigenvalue weighted by atomic mass is 19.1. The molecule has 0 fully saturated rings. The molecule has 27 heavy (non-hydrogen) atoms. The number of rotatable bonds is 4. The van der Waals surface area contributed by atoms with E-state index in [1.54, 1.807) is 12.1 Å². The first-order valence-corrected chi connectivity index (χ1v) is 9.35. The monoisotopic (exact) mass is 366 g/mol. The summed E-state index contributed by atoms with van der Waals surface area (Å²) in [7, 11) is 1.43. The zero-order chi connectivity index (χ0) is 19.0. The van der Waals surface area contributed by atoms with Crippen molar-refractivity contribution in [3.8, 4) is 5.75 Å². The van der Waals surface area contributed by atoms with Crippen LogP contribution < -0.4 is 10.1 Å². The molecule has 1 aromatic heterocycles. The number of aromatic nitrogens is 1. The molecule has 140 valence electrons. The van der Waals surface area contributed by atoms with Crippen LogP contribution in [0.15, 0.2) is 36.4 Å². The fourth-order valence-electron chi connectivity index (χ4n) is 3.93. The van der Waals surface area contributed by atoms with Crippen molar-refractivity contribution < 1.29 is 13.9 Å². The summed E-state index contributed by atoms with van der Waals surface area (Å²) < 4.78 is 18.9. The lowest BCUT2D eigenvalue weighted by Gasteiger charge is -2.15. The number of nitrogens with one attached hydrogen (secondary N) is 2. The van der Waals surface area contributed by atoms with E-state index in [4.69, 9.17) is 4.74 Å². The van der Waals surface area contributed by atoms with Crippen molar-refractivity contribution in [2.75, 3.05) is 7.11 Å². The average Bonchev–Trinajstić information content (AvgIpc) is 3.06. The Balaban J connectivity index is 1.61. The minimum absolute atomic E-state index is 0.164. The molecule has 2 N–H and O–H groups in total. The maximum atomic E-state index is 14.0. The minimum Gasteiger partial charge on any atom is -0.494 e. The van der Waals surface area contributed by atoms with Crippen LogP contribution in [0.25, 0.3) is 10.9 Å². The Morgan fingerprint density at radius 2 is 2.04 bits per heavy atom. The smallest absolute Gasteiger partial charge is 0.253 e. The highest BCUT2D eigenvalue weighted by molar-refractivity contribution is 6.07. The highest BCUT2D eigenvalue weighted by Crippen LogP contribution is 2.31. The second-order valence-electron chi connectivity index (χ2n) is 7.11. The lowest BCUT2D eigenvalue weighted by Crippen LogP contribution is -2.27. The van der Waals surface area contributed by atoms with E-state index in [-0.39, 0.29) is 17.7 Å². The van der Waals surface area contributed by atoms with Gasteiger partial charge in [0.05, 0.1) is 24.2 Å². The molecule has 0 aliphatic heterocycles. The Kier molecular flexibility index (Phi) is 4.60. The maximum absolute atomic E-state index is 14.0. The summed E-state index contributed by atoms with van der Waals surface area (Å²) in [6.07, 6.45) is 4.46. The van der Waals surface area contributed by atoms with Gasteiger partial charge in [-0.3, -0.25) is 4.79 Å². The van der Waals surface area contributed by atoms with E-state index in [1.807, 2.05) is 19.1 Å². The number of hydrogen-bond acceptors (Lipinski definition) is 2. The molecule has 1 aliphatic rings. The molecular weight excluding hydrogens is 343 g/mol. The van der Waals surface area contributed by atoms with Crippen LogP contribution in [0.2, 0.25) is 0 Å². The van der Waals surface area contributed by atoms with Gasteiger partial charge in [0.15, 0.2) is 11.6 Å². The molecule has 0 radical (unpaired) electrons. The number of carbonyl (C=O) groups is 1. The third-order valence-corrected chi connectivity index (χ3v) is 5.40. The van der Waals surface area contributed by atoms with E-state index in [0.29, 0.717) is 11.1 Å². The predicted octanol–water partition coefficient (Wildman–Crippen LogP) is 4.69. The number of aryl methyl sites for hydroxylation is 2. The quantitative estimate of drug-likeness (QED) is 0.704. The van der Waals surface area contributed by atoms with Crippen LogP contribution in [0, 0.1) is 5.82 Å². The lowest BCUT2D eigenvalue weighted by molar-refractivity contribution is 0.0941. The molecule has 0 bridgehead atoms. The summed E-state index contributed by atoms with van der Waals surface area (Å²) >= 11 is 0. The molecule has 1 atom stereocenters. The number of carbonyl (C=O) groups excluding carboxylic acids is 1. The first kappa shape index (κ1) is 17.6. The van der Waals surface area contributed by atoms with Crippen molar-refractivity contribution in [3.05, 3.63) is 64.6 Å². The lowest BCUT2D eigenvalue weighted by atomic mass is 9.95. The number of hydrogen-bond donors (Lipinski definition) is 2. The van der Waals surface area contributed by atoms with Gasteiger partial charge in [0.25, 0.3) is 5.91 Å². The number of benzene rings is 2. The topological polar surface area (TPSA) is 54.1 Å². The molecule has 4 rings (SSSR count). The molecule has 5 heteroatoms. The van der Waals surface area contributed by atoms with Gasteiger partial charge in [-0.05, 0) is 61.9 Å². The predicted molar refractivity (Wildman–Crippen MR) is 104 cm³/mol. The van der Waals surface area contributed by atoms with Crippen LogP contribution in [0.4, 0.5) is 4.39 Å². The van der Waals surface area contributed by atoms with Crippen LogP contribution in [0.3, 0.4) is 0 Å². The van der Waals surface area contributed by atoms with Gasteiger partial charge in [-0.15, -0.1) is 0 Å². The van der Waals surface area contributed by atoms with Crippen LogP contribution in [0.5, 0.6) is 5.75 Å². The summed E-state index contributed by atoms with van der Waals surface area (Å²) in [5.74, 6) is -0.405. The fourth-order valence-corrected chi connectivity index (χ4v) is 3.93. The van der Waals surface area contributed by atoms with Crippen LogP contribution >= 0.6 is 0 Å².